The van der Waals surface area contributed by atoms with E-state index in [9.17, 15) is 9.90 Å². The fraction of sp³-hybridized carbons (Fsp3) is 0.417. The summed E-state index contributed by atoms with van der Waals surface area (Å²) >= 11 is 9.18. The first-order valence-electron chi connectivity index (χ1n) is 5.43. The third-order valence-electron chi connectivity index (χ3n) is 2.41. The zero-order valence-corrected chi connectivity index (χ0v) is 12.5. The smallest absolute Gasteiger partial charge is 0.331 e. The van der Waals surface area contributed by atoms with Crippen LogP contribution >= 0.6 is 27.5 Å². The molecule has 2 N–H and O–H groups in total. The lowest BCUT2D eigenvalue weighted by Gasteiger charge is -2.27. The summed E-state index contributed by atoms with van der Waals surface area (Å²) in [5.74, 6) is -0.970. The molecule has 0 amide bonds. The van der Waals surface area contributed by atoms with Crippen LogP contribution in [0.5, 0.6) is 0 Å². The SMILES string of the molecule is CCOCC(C)(Nc1ccc(Cl)c(Br)c1)C(=O)O. The number of hydrogen-bond donors (Lipinski definition) is 2. The zero-order chi connectivity index (χ0) is 13.8. The van der Waals surface area contributed by atoms with E-state index in [0.29, 0.717) is 21.8 Å². The molecule has 1 aromatic rings. The fourth-order valence-electron chi connectivity index (χ4n) is 1.35. The predicted octanol–water partition coefficient (Wildman–Crippen LogP) is 3.39. The zero-order valence-electron chi connectivity index (χ0n) is 10.2. The number of benzene rings is 1. The molecule has 1 aromatic carbocycles. The van der Waals surface area contributed by atoms with Crippen molar-refractivity contribution in [2.45, 2.75) is 19.4 Å². The second kappa shape index (κ2) is 6.41. The van der Waals surface area contributed by atoms with E-state index in [2.05, 4.69) is 21.2 Å². The second-order valence-corrected chi connectivity index (χ2v) is 5.29. The highest BCUT2D eigenvalue weighted by molar-refractivity contribution is 9.10. The van der Waals surface area contributed by atoms with Gasteiger partial charge in [-0.25, -0.2) is 4.79 Å². The Morgan fingerprint density at radius 1 is 1.61 bits per heavy atom. The van der Waals surface area contributed by atoms with E-state index in [-0.39, 0.29) is 6.61 Å². The molecular weight excluding hydrogens is 321 g/mol. The van der Waals surface area contributed by atoms with E-state index in [1.807, 2.05) is 6.92 Å². The van der Waals surface area contributed by atoms with Crippen molar-refractivity contribution in [3.63, 3.8) is 0 Å². The van der Waals surface area contributed by atoms with Crippen LogP contribution in [0.1, 0.15) is 13.8 Å². The number of rotatable bonds is 6. The molecule has 4 nitrogen and oxygen atoms in total. The van der Waals surface area contributed by atoms with Crippen molar-refractivity contribution in [2.75, 3.05) is 18.5 Å². The Morgan fingerprint density at radius 3 is 2.78 bits per heavy atom. The van der Waals surface area contributed by atoms with Gasteiger partial charge in [0, 0.05) is 16.8 Å². The van der Waals surface area contributed by atoms with Gasteiger partial charge < -0.3 is 15.2 Å². The summed E-state index contributed by atoms with van der Waals surface area (Å²) in [6.45, 7) is 3.95. The average molecular weight is 337 g/mol. The molecule has 0 fully saturated rings. The summed E-state index contributed by atoms with van der Waals surface area (Å²) < 4.78 is 5.91. The van der Waals surface area contributed by atoms with Crippen LogP contribution in [0, 0.1) is 0 Å². The minimum atomic E-state index is -1.18. The lowest BCUT2D eigenvalue weighted by Crippen LogP contribution is -2.47. The van der Waals surface area contributed by atoms with Gasteiger partial charge in [-0.15, -0.1) is 0 Å². The van der Waals surface area contributed by atoms with Crippen molar-refractivity contribution in [3.8, 4) is 0 Å². The van der Waals surface area contributed by atoms with E-state index in [1.165, 1.54) is 0 Å². The Labute approximate surface area is 119 Å². The van der Waals surface area contributed by atoms with Gasteiger partial charge in [-0.2, -0.15) is 0 Å². The molecule has 0 radical (unpaired) electrons. The fourth-order valence-corrected chi connectivity index (χ4v) is 1.85. The van der Waals surface area contributed by atoms with Crippen LogP contribution in [0.2, 0.25) is 5.02 Å². The first-order valence-corrected chi connectivity index (χ1v) is 6.60. The molecule has 0 saturated heterocycles. The van der Waals surface area contributed by atoms with Crippen LogP contribution in [0.3, 0.4) is 0 Å². The Kier molecular flexibility index (Phi) is 5.44. The number of carboxylic acid groups (broad SMARTS) is 1. The summed E-state index contributed by atoms with van der Waals surface area (Å²) in [5.41, 5.74) is -0.514. The van der Waals surface area contributed by atoms with Gasteiger partial charge >= 0.3 is 5.97 Å². The molecule has 100 valence electrons. The minimum absolute atomic E-state index is 0.0824. The van der Waals surface area contributed by atoms with E-state index >= 15 is 0 Å². The normalized spacial score (nSPS) is 14.0. The number of nitrogens with one attached hydrogen (secondary N) is 1. The van der Waals surface area contributed by atoms with Crippen LogP contribution in [0.15, 0.2) is 22.7 Å². The molecule has 0 aliphatic rings. The van der Waals surface area contributed by atoms with Crippen LogP contribution in [0.4, 0.5) is 5.69 Å². The number of ether oxygens (including phenoxy) is 1. The molecule has 0 spiro atoms. The molecule has 1 rings (SSSR count). The highest BCUT2D eigenvalue weighted by Crippen LogP contribution is 2.27. The van der Waals surface area contributed by atoms with Crippen LogP contribution in [-0.4, -0.2) is 29.8 Å². The largest absolute Gasteiger partial charge is 0.479 e. The van der Waals surface area contributed by atoms with E-state index in [1.54, 1.807) is 25.1 Å². The van der Waals surface area contributed by atoms with Gasteiger partial charge in [0.1, 0.15) is 0 Å². The molecule has 6 heteroatoms. The third kappa shape index (κ3) is 3.86. The van der Waals surface area contributed by atoms with Crippen molar-refractivity contribution in [2.24, 2.45) is 0 Å². The quantitative estimate of drug-likeness (QED) is 0.836. The van der Waals surface area contributed by atoms with Gasteiger partial charge in [0.15, 0.2) is 5.54 Å². The highest BCUT2D eigenvalue weighted by atomic mass is 79.9. The van der Waals surface area contributed by atoms with Gasteiger partial charge in [0.05, 0.1) is 11.6 Å². The first-order chi connectivity index (χ1) is 8.39. The summed E-state index contributed by atoms with van der Waals surface area (Å²) in [4.78, 5) is 11.3. The number of anilines is 1. The number of hydrogen-bond acceptors (Lipinski definition) is 3. The van der Waals surface area contributed by atoms with Crippen molar-refractivity contribution < 1.29 is 14.6 Å². The van der Waals surface area contributed by atoms with Crippen molar-refractivity contribution in [1.29, 1.82) is 0 Å². The van der Waals surface area contributed by atoms with Gasteiger partial charge in [-0.3, -0.25) is 0 Å². The maximum absolute atomic E-state index is 11.3. The molecule has 0 aliphatic carbocycles. The molecule has 18 heavy (non-hydrogen) atoms. The molecule has 1 atom stereocenters. The molecule has 1 unspecified atom stereocenters. The highest BCUT2D eigenvalue weighted by Gasteiger charge is 2.33. The maximum Gasteiger partial charge on any atom is 0.331 e. The van der Waals surface area contributed by atoms with Gasteiger partial charge in [0.25, 0.3) is 0 Å². The van der Waals surface area contributed by atoms with Crippen molar-refractivity contribution in [1.82, 2.24) is 0 Å². The third-order valence-corrected chi connectivity index (χ3v) is 3.62. The molecule has 0 aromatic heterocycles. The molecule has 0 heterocycles. The van der Waals surface area contributed by atoms with E-state index < -0.39 is 11.5 Å². The van der Waals surface area contributed by atoms with E-state index in [4.69, 9.17) is 16.3 Å². The summed E-state index contributed by atoms with van der Waals surface area (Å²) in [6.07, 6.45) is 0. The first kappa shape index (κ1) is 15.3. The molecule has 0 bridgehead atoms. The lowest BCUT2D eigenvalue weighted by molar-refractivity contribution is -0.143. The minimum Gasteiger partial charge on any atom is -0.479 e. The number of carboxylic acids is 1. The van der Waals surface area contributed by atoms with Crippen molar-refractivity contribution in [3.05, 3.63) is 27.7 Å². The van der Waals surface area contributed by atoms with Gasteiger partial charge in [-0.05, 0) is 48.0 Å². The van der Waals surface area contributed by atoms with Crippen LogP contribution < -0.4 is 5.32 Å². The standard InChI is InChI=1S/C12H15BrClNO3/c1-3-18-7-12(2,11(16)17)15-8-4-5-10(14)9(13)6-8/h4-6,15H,3,7H2,1-2H3,(H,16,17). The summed E-state index contributed by atoms with van der Waals surface area (Å²) in [5, 5.41) is 12.8. The molecule has 0 saturated carbocycles. The Hall–Kier alpha value is -0.780. The number of aliphatic carboxylic acids is 1. The number of carbonyl (C=O) groups is 1. The van der Waals surface area contributed by atoms with Crippen molar-refractivity contribution >= 4 is 39.2 Å². The number of halogens is 2. The summed E-state index contributed by atoms with van der Waals surface area (Å²) in [7, 11) is 0. The predicted molar refractivity (Wildman–Crippen MR) is 75.3 cm³/mol. The Morgan fingerprint density at radius 2 is 2.28 bits per heavy atom. The lowest BCUT2D eigenvalue weighted by atomic mass is 10.0. The average Bonchev–Trinajstić information content (AvgIpc) is 2.31. The Balaban J connectivity index is 2.89. The maximum atomic E-state index is 11.3. The molecule has 0 aliphatic heterocycles. The second-order valence-electron chi connectivity index (χ2n) is 4.03. The van der Waals surface area contributed by atoms with E-state index in [0.717, 1.165) is 0 Å². The van der Waals surface area contributed by atoms with Crippen LogP contribution in [-0.2, 0) is 9.53 Å². The molecular formula is C12H15BrClNO3. The monoisotopic (exact) mass is 335 g/mol. The summed E-state index contributed by atoms with van der Waals surface area (Å²) in [6, 6.07) is 5.15. The topological polar surface area (TPSA) is 58.6 Å². The van der Waals surface area contributed by atoms with Gasteiger partial charge in [0.2, 0.25) is 0 Å². The Bertz CT molecular complexity index is 441. The van der Waals surface area contributed by atoms with Gasteiger partial charge in [-0.1, -0.05) is 11.6 Å². The van der Waals surface area contributed by atoms with Crippen LogP contribution in [0.25, 0.3) is 0 Å².